The molecule has 1 aliphatic heterocycles. The zero-order valence-corrected chi connectivity index (χ0v) is 14.8. The van der Waals surface area contributed by atoms with Crippen molar-refractivity contribution >= 4 is 22.5 Å². The number of hydrogen-bond acceptors (Lipinski definition) is 4. The number of benzene rings is 2. The smallest absolute Gasteiger partial charge is 0.229 e. The molecule has 0 saturated carbocycles. The number of para-hydroxylation sites is 1. The highest BCUT2D eigenvalue weighted by Gasteiger charge is 2.22. The number of aromatic nitrogens is 4. The molecule has 1 fully saturated rings. The molecule has 0 aliphatic carbocycles. The summed E-state index contributed by atoms with van der Waals surface area (Å²) in [5, 5.41) is 5.87. The molecule has 1 aliphatic rings. The maximum Gasteiger partial charge on any atom is 0.229 e. The Hall–Kier alpha value is -2.95. The van der Waals surface area contributed by atoms with Gasteiger partial charge in [0.15, 0.2) is 11.5 Å². The SMILES string of the molecule is CC1CCN(c2nc3ccccc3c3nc(-c4ccccc4)nn23)CC1. The first-order chi connectivity index (χ1) is 12.8. The van der Waals surface area contributed by atoms with Gasteiger partial charge in [-0.05, 0) is 30.9 Å². The van der Waals surface area contributed by atoms with E-state index < -0.39 is 0 Å². The normalized spacial score (nSPS) is 15.8. The van der Waals surface area contributed by atoms with Gasteiger partial charge in [-0.2, -0.15) is 4.52 Å². The summed E-state index contributed by atoms with van der Waals surface area (Å²) in [6.45, 7) is 4.36. The van der Waals surface area contributed by atoms with Crippen LogP contribution in [0.4, 0.5) is 5.95 Å². The second kappa shape index (κ2) is 6.09. The Balaban J connectivity index is 1.73. The van der Waals surface area contributed by atoms with E-state index in [-0.39, 0.29) is 0 Å². The lowest BCUT2D eigenvalue weighted by atomic mass is 10.00. The molecule has 0 atom stereocenters. The number of piperidine rings is 1. The lowest BCUT2D eigenvalue weighted by Crippen LogP contribution is -2.35. The van der Waals surface area contributed by atoms with Crippen molar-refractivity contribution in [2.24, 2.45) is 5.92 Å². The molecule has 4 aromatic rings. The van der Waals surface area contributed by atoms with Crippen LogP contribution in [0.2, 0.25) is 0 Å². The Morgan fingerprint density at radius 3 is 2.42 bits per heavy atom. The minimum Gasteiger partial charge on any atom is -0.341 e. The minimum atomic E-state index is 0.746. The Morgan fingerprint density at radius 1 is 0.885 bits per heavy atom. The average Bonchev–Trinajstić information content (AvgIpc) is 3.14. The van der Waals surface area contributed by atoms with E-state index in [4.69, 9.17) is 15.1 Å². The molecule has 0 N–H and O–H groups in total. The summed E-state index contributed by atoms with van der Waals surface area (Å²) in [6, 6.07) is 18.3. The molecule has 1 saturated heterocycles. The average molecular weight is 343 g/mol. The molecule has 26 heavy (non-hydrogen) atoms. The van der Waals surface area contributed by atoms with Crippen molar-refractivity contribution < 1.29 is 0 Å². The predicted octanol–water partition coefficient (Wildman–Crippen LogP) is 4.18. The van der Waals surface area contributed by atoms with Gasteiger partial charge in [0, 0.05) is 24.0 Å². The van der Waals surface area contributed by atoms with Gasteiger partial charge in [-0.1, -0.05) is 49.4 Å². The number of rotatable bonds is 2. The standard InChI is InChI=1S/C21H21N5/c1-15-11-13-25(14-12-15)21-22-18-10-6-5-9-17(18)20-23-19(24-26(20)21)16-7-3-2-4-8-16/h2-10,15H,11-14H2,1H3. The van der Waals surface area contributed by atoms with Crippen LogP contribution in [0.15, 0.2) is 54.6 Å². The summed E-state index contributed by atoms with van der Waals surface area (Å²) >= 11 is 0. The highest BCUT2D eigenvalue weighted by molar-refractivity contribution is 5.92. The van der Waals surface area contributed by atoms with Crippen LogP contribution in [0.25, 0.3) is 27.9 Å². The van der Waals surface area contributed by atoms with Crippen molar-refractivity contribution in [2.75, 3.05) is 18.0 Å². The fourth-order valence-corrected chi connectivity index (χ4v) is 3.66. The molecular weight excluding hydrogens is 322 g/mol. The van der Waals surface area contributed by atoms with Crippen LogP contribution in [0.3, 0.4) is 0 Å². The molecule has 2 aromatic heterocycles. The van der Waals surface area contributed by atoms with E-state index in [0.717, 1.165) is 52.9 Å². The third-order valence-corrected chi connectivity index (χ3v) is 5.26. The lowest BCUT2D eigenvalue weighted by Gasteiger charge is -2.31. The molecule has 0 spiro atoms. The lowest BCUT2D eigenvalue weighted by molar-refractivity contribution is 0.433. The van der Waals surface area contributed by atoms with E-state index in [0.29, 0.717) is 0 Å². The van der Waals surface area contributed by atoms with E-state index in [1.54, 1.807) is 0 Å². The molecule has 0 unspecified atom stereocenters. The zero-order chi connectivity index (χ0) is 17.5. The minimum absolute atomic E-state index is 0.746. The zero-order valence-electron chi connectivity index (χ0n) is 14.8. The van der Waals surface area contributed by atoms with Gasteiger partial charge in [0.25, 0.3) is 0 Å². The fourth-order valence-electron chi connectivity index (χ4n) is 3.66. The topological polar surface area (TPSA) is 46.3 Å². The number of nitrogens with zero attached hydrogens (tertiary/aromatic N) is 5. The van der Waals surface area contributed by atoms with Crippen molar-refractivity contribution in [1.29, 1.82) is 0 Å². The molecular formula is C21H21N5. The molecule has 0 amide bonds. The maximum atomic E-state index is 4.95. The maximum absolute atomic E-state index is 4.95. The second-order valence-corrected chi connectivity index (χ2v) is 7.14. The third-order valence-electron chi connectivity index (χ3n) is 5.26. The van der Waals surface area contributed by atoms with E-state index in [1.165, 1.54) is 12.8 Å². The molecule has 5 nitrogen and oxygen atoms in total. The number of fused-ring (bicyclic) bond motifs is 3. The van der Waals surface area contributed by atoms with Crippen molar-refractivity contribution in [2.45, 2.75) is 19.8 Å². The van der Waals surface area contributed by atoms with E-state index in [1.807, 2.05) is 47.0 Å². The van der Waals surface area contributed by atoms with E-state index >= 15 is 0 Å². The van der Waals surface area contributed by atoms with Crippen molar-refractivity contribution in [3.63, 3.8) is 0 Å². The summed E-state index contributed by atoms with van der Waals surface area (Å²) in [5.74, 6) is 2.42. The molecule has 130 valence electrons. The second-order valence-electron chi connectivity index (χ2n) is 7.14. The van der Waals surface area contributed by atoms with Gasteiger partial charge >= 0.3 is 0 Å². The fraction of sp³-hybridized carbons (Fsp3) is 0.286. The molecule has 3 heterocycles. The third kappa shape index (κ3) is 2.51. The van der Waals surface area contributed by atoms with Gasteiger partial charge in [-0.25, -0.2) is 9.97 Å². The highest BCUT2D eigenvalue weighted by atomic mass is 15.4. The summed E-state index contributed by atoms with van der Waals surface area (Å²) in [7, 11) is 0. The van der Waals surface area contributed by atoms with Crippen LogP contribution < -0.4 is 4.90 Å². The molecule has 5 rings (SSSR count). The largest absolute Gasteiger partial charge is 0.341 e. The molecule has 0 radical (unpaired) electrons. The monoisotopic (exact) mass is 343 g/mol. The first-order valence-corrected chi connectivity index (χ1v) is 9.25. The predicted molar refractivity (Wildman–Crippen MR) is 104 cm³/mol. The summed E-state index contributed by atoms with van der Waals surface area (Å²) in [6.07, 6.45) is 2.38. The van der Waals surface area contributed by atoms with Crippen LogP contribution in [-0.2, 0) is 0 Å². The summed E-state index contributed by atoms with van der Waals surface area (Å²) in [5.41, 5.74) is 2.88. The number of anilines is 1. The first kappa shape index (κ1) is 15.3. The Kier molecular flexibility index (Phi) is 3.59. The van der Waals surface area contributed by atoms with Crippen LogP contribution in [0.5, 0.6) is 0 Å². The Morgan fingerprint density at radius 2 is 1.62 bits per heavy atom. The van der Waals surface area contributed by atoms with Gasteiger partial charge in [0.1, 0.15) is 0 Å². The van der Waals surface area contributed by atoms with Crippen LogP contribution in [0, 0.1) is 5.92 Å². The number of hydrogen-bond donors (Lipinski definition) is 0. The quantitative estimate of drug-likeness (QED) is 0.548. The Bertz CT molecular complexity index is 1060. The first-order valence-electron chi connectivity index (χ1n) is 9.25. The highest BCUT2D eigenvalue weighted by Crippen LogP contribution is 2.28. The van der Waals surface area contributed by atoms with Gasteiger partial charge in [0.05, 0.1) is 5.52 Å². The molecule has 2 aromatic carbocycles. The van der Waals surface area contributed by atoms with Gasteiger partial charge in [-0.15, -0.1) is 5.10 Å². The molecule has 5 heteroatoms. The van der Waals surface area contributed by atoms with Crippen LogP contribution in [0.1, 0.15) is 19.8 Å². The van der Waals surface area contributed by atoms with Gasteiger partial charge < -0.3 is 4.90 Å². The van der Waals surface area contributed by atoms with Crippen molar-refractivity contribution in [3.8, 4) is 11.4 Å². The summed E-state index contributed by atoms with van der Waals surface area (Å²) in [4.78, 5) is 12.2. The van der Waals surface area contributed by atoms with Crippen LogP contribution >= 0.6 is 0 Å². The molecule has 0 bridgehead atoms. The van der Waals surface area contributed by atoms with E-state index in [2.05, 4.69) is 24.0 Å². The van der Waals surface area contributed by atoms with Crippen molar-refractivity contribution in [1.82, 2.24) is 19.6 Å². The van der Waals surface area contributed by atoms with Crippen LogP contribution in [-0.4, -0.2) is 32.7 Å². The Labute approximate surface area is 152 Å². The van der Waals surface area contributed by atoms with Crippen molar-refractivity contribution in [3.05, 3.63) is 54.6 Å². The van der Waals surface area contributed by atoms with E-state index in [9.17, 15) is 0 Å². The van der Waals surface area contributed by atoms with Gasteiger partial charge in [0.2, 0.25) is 5.95 Å². The summed E-state index contributed by atoms with van der Waals surface area (Å²) < 4.78 is 1.93. The van der Waals surface area contributed by atoms with Gasteiger partial charge in [-0.3, -0.25) is 0 Å².